The van der Waals surface area contributed by atoms with Crippen molar-refractivity contribution in [1.29, 1.82) is 0 Å². The SMILES string of the molecule is CC(c1nnnn1C1CC1)n1nc(-c2ccco2)oc1=O. The molecule has 0 radical (unpaired) electrons. The fraction of sp³-hybridized carbons (Fsp3) is 0.417. The Balaban J connectivity index is 1.72. The number of nitrogens with zero attached hydrogens (tertiary/aromatic N) is 6. The van der Waals surface area contributed by atoms with E-state index in [1.165, 1.54) is 10.9 Å². The minimum atomic E-state index is -0.570. The molecule has 1 fully saturated rings. The Labute approximate surface area is 118 Å². The van der Waals surface area contributed by atoms with Crippen LogP contribution in [0.2, 0.25) is 0 Å². The van der Waals surface area contributed by atoms with Crippen LogP contribution in [0.1, 0.15) is 37.7 Å². The normalized spacial score (nSPS) is 16.2. The van der Waals surface area contributed by atoms with Crippen LogP contribution in [0.5, 0.6) is 0 Å². The Kier molecular flexibility index (Phi) is 2.53. The van der Waals surface area contributed by atoms with Gasteiger partial charge in [-0.25, -0.2) is 9.48 Å². The molecule has 9 nitrogen and oxygen atoms in total. The van der Waals surface area contributed by atoms with Gasteiger partial charge in [0.05, 0.1) is 12.3 Å². The monoisotopic (exact) mass is 288 g/mol. The van der Waals surface area contributed by atoms with Gasteiger partial charge in [-0.15, -0.1) is 10.2 Å². The van der Waals surface area contributed by atoms with Gasteiger partial charge in [-0.1, -0.05) is 0 Å². The molecule has 3 aromatic heterocycles. The number of tetrazole rings is 1. The van der Waals surface area contributed by atoms with E-state index < -0.39 is 11.8 Å². The summed E-state index contributed by atoms with van der Waals surface area (Å²) in [6.07, 6.45) is 3.59. The van der Waals surface area contributed by atoms with Crippen LogP contribution in [0.3, 0.4) is 0 Å². The maximum Gasteiger partial charge on any atom is 0.438 e. The molecule has 9 heteroatoms. The van der Waals surface area contributed by atoms with Crippen molar-refractivity contribution < 1.29 is 8.83 Å². The molecular formula is C12H12N6O3. The first kappa shape index (κ1) is 12.1. The van der Waals surface area contributed by atoms with Gasteiger partial charge in [-0.3, -0.25) is 0 Å². The molecule has 1 unspecified atom stereocenters. The molecule has 1 atom stereocenters. The Morgan fingerprint density at radius 2 is 2.29 bits per heavy atom. The highest BCUT2D eigenvalue weighted by Gasteiger charge is 2.31. The summed E-state index contributed by atoms with van der Waals surface area (Å²) in [4.78, 5) is 12.0. The van der Waals surface area contributed by atoms with E-state index in [1.807, 2.05) is 0 Å². The first-order valence-electron chi connectivity index (χ1n) is 6.65. The van der Waals surface area contributed by atoms with Crippen LogP contribution in [0.15, 0.2) is 32.0 Å². The van der Waals surface area contributed by atoms with Crippen molar-refractivity contribution in [2.45, 2.75) is 31.8 Å². The first-order chi connectivity index (χ1) is 10.2. The summed E-state index contributed by atoms with van der Waals surface area (Å²) >= 11 is 0. The second-order valence-corrected chi connectivity index (χ2v) is 4.98. The zero-order valence-corrected chi connectivity index (χ0v) is 11.2. The third kappa shape index (κ3) is 1.97. The smallest absolute Gasteiger partial charge is 0.438 e. The lowest BCUT2D eigenvalue weighted by Crippen LogP contribution is -2.23. The lowest BCUT2D eigenvalue weighted by Gasteiger charge is -2.09. The van der Waals surface area contributed by atoms with Crippen molar-refractivity contribution in [3.05, 3.63) is 34.8 Å². The third-order valence-corrected chi connectivity index (χ3v) is 3.45. The maximum absolute atomic E-state index is 12.0. The second-order valence-electron chi connectivity index (χ2n) is 4.98. The number of hydrogen-bond donors (Lipinski definition) is 0. The minimum absolute atomic E-state index is 0.141. The fourth-order valence-electron chi connectivity index (χ4n) is 2.20. The predicted octanol–water partition coefficient (Wildman–Crippen LogP) is 1.03. The van der Waals surface area contributed by atoms with Gasteiger partial charge in [-0.05, 0) is 42.3 Å². The van der Waals surface area contributed by atoms with Gasteiger partial charge in [-0.2, -0.15) is 4.68 Å². The highest BCUT2D eigenvalue weighted by molar-refractivity contribution is 5.42. The third-order valence-electron chi connectivity index (χ3n) is 3.45. The van der Waals surface area contributed by atoms with Crippen LogP contribution in [0, 0.1) is 0 Å². The Hall–Kier alpha value is -2.71. The lowest BCUT2D eigenvalue weighted by molar-refractivity contribution is 0.432. The molecule has 0 aromatic carbocycles. The highest BCUT2D eigenvalue weighted by atomic mass is 16.4. The molecule has 0 amide bonds. The maximum atomic E-state index is 12.0. The van der Waals surface area contributed by atoms with Gasteiger partial charge >= 0.3 is 5.76 Å². The van der Waals surface area contributed by atoms with Crippen LogP contribution in [0.25, 0.3) is 11.7 Å². The van der Waals surface area contributed by atoms with E-state index in [0.717, 1.165) is 12.8 Å². The van der Waals surface area contributed by atoms with E-state index in [9.17, 15) is 4.79 Å². The van der Waals surface area contributed by atoms with Crippen molar-refractivity contribution in [3.63, 3.8) is 0 Å². The predicted molar refractivity (Wildman–Crippen MR) is 68.4 cm³/mol. The Bertz CT molecular complexity index is 810. The van der Waals surface area contributed by atoms with Crippen LogP contribution >= 0.6 is 0 Å². The average Bonchev–Trinajstić information content (AvgIpc) is 2.95. The van der Waals surface area contributed by atoms with Gasteiger partial charge in [0.1, 0.15) is 6.04 Å². The molecule has 108 valence electrons. The van der Waals surface area contributed by atoms with E-state index in [4.69, 9.17) is 8.83 Å². The lowest BCUT2D eigenvalue weighted by atomic mass is 10.3. The summed E-state index contributed by atoms with van der Waals surface area (Å²) in [5.41, 5.74) is 0. The van der Waals surface area contributed by atoms with Crippen molar-refractivity contribution in [3.8, 4) is 11.7 Å². The van der Waals surface area contributed by atoms with Crippen LogP contribution in [-0.2, 0) is 0 Å². The molecule has 0 saturated heterocycles. The van der Waals surface area contributed by atoms with Gasteiger partial charge in [0, 0.05) is 0 Å². The summed E-state index contributed by atoms with van der Waals surface area (Å²) < 4.78 is 13.3. The van der Waals surface area contributed by atoms with E-state index in [2.05, 4.69) is 20.6 Å². The standard InChI is InChI=1S/C12H12N6O3/c1-7(10-13-15-16-18(10)8-4-5-8)17-12(19)21-11(14-17)9-3-2-6-20-9/h2-3,6-8H,4-5H2,1H3. The van der Waals surface area contributed by atoms with Crippen molar-refractivity contribution in [2.75, 3.05) is 0 Å². The van der Waals surface area contributed by atoms with Crippen LogP contribution in [-0.4, -0.2) is 30.0 Å². The quantitative estimate of drug-likeness (QED) is 0.705. The molecule has 1 aliphatic rings. The molecule has 0 bridgehead atoms. The summed E-state index contributed by atoms with van der Waals surface area (Å²) in [7, 11) is 0. The van der Waals surface area contributed by atoms with Crippen LogP contribution < -0.4 is 5.76 Å². The molecule has 0 N–H and O–H groups in total. The van der Waals surface area contributed by atoms with Crippen molar-refractivity contribution in [1.82, 2.24) is 30.0 Å². The zero-order chi connectivity index (χ0) is 14.4. The van der Waals surface area contributed by atoms with E-state index in [1.54, 1.807) is 23.7 Å². The van der Waals surface area contributed by atoms with E-state index in [-0.39, 0.29) is 5.89 Å². The molecule has 3 heterocycles. The van der Waals surface area contributed by atoms with Crippen molar-refractivity contribution in [2.24, 2.45) is 0 Å². The first-order valence-corrected chi connectivity index (χ1v) is 6.65. The summed E-state index contributed by atoms with van der Waals surface area (Å²) in [6.45, 7) is 1.81. The zero-order valence-electron chi connectivity index (χ0n) is 11.2. The summed E-state index contributed by atoms with van der Waals surface area (Å²) in [5, 5.41) is 15.8. The Morgan fingerprint density at radius 1 is 1.43 bits per heavy atom. The van der Waals surface area contributed by atoms with Gasteiger partial charge in [0.15, 0.2) is 11.6 Å². The van der Waals surface area contributed by atoms with Gasteiger partial charge < -0.3 is 8.83 Å². The second kappa shape index (κ2) is 4.40. The minimum Gasteiger partial charge on any atom is -0.459 e. The molecule has 0 spiro atoms. The number of furan rings is 1. The van der Waals surface area contributed by atoms with E-state index >= 15 is 0 Å². The molecular weight excluding hydrogens is 276 g/mol. The molecule has 21 heavy (non-hydrogen) atoms. The van der Waals surface area contributed by atoms with Crippen molar-refractivity contribution >= 4 is 0 Å². The average molecular weight is 288 g/mol. The molecule has 4 rings (SSSR count). The van der Waals surface area contributed by atoms with E-state index in [0.29, 0.717) is 17.6 Å². The molecule has 1 aliphatic carbocycles. The van der Waals surface area contributed by atoms with Gasteiger partial charge in [0.2, 0.25) is 0 Å². The number of rotatable bonds is 4. The molecule has 0 aliphatic heterocycles. The van der Waals surface area contributed by atoms with Crippen LogP contribution in [0.4, 0.5) is 0 Å². The summed E-state index contributed by atoms with van der Waals surface area (Å²) in [5.74, 6) is 0.570. The highest BCUT2D eigenvalue weighted by Crippen LogP contribution is 2.35. The Morgan fingerprint density at radius 3 is 3.00 bits per heavy atom. The van der Waals surface area contributed by atoms with Gasteiger partial charge in [0.25, 0.3) is 5.89 Å². The molecule has 3 aromatic rings. The largest absolute Gasteiger partial charge is 0.459 e. The summed E-state index contributed by atoms with van der Waals surface area (Å²) in [6, 6.07) is 3.28. The molecule has 1 saturated carbocycles. The topological polar surface area (TPSA) is 105 Å². The fourth-order valence-corrected chi connectivity index (χ4v) is 2.20. The number of hydrogen-bond acceptors (Lipinski definition) is 7. The number of aromatic nitrogens is 6.